The molecular formula is C33H29F4N3O4. The highest BCUT2D eigenvalue weighted by Gasteiger charge is 2.43. The molecule has 0 radical (unpaired) electrons. The second-order valence-electron chi connectivity index (χ2n) is 11.2. The number of benzene rings is 2. The van der Waals surface area contributed by atoms with Crippen molar-refractivity contribution in [1.29, 1.82) is 5.26 Å². The zero-order chi connectivity index (χ0) is 31.8. The number of aryl methyl sites for hydroxylation is 1. The minimum absolute atomic E-state index is 0.0427. The van der Waals surface area contributed by atoms with Gasteiger partial charge in [0, 0.05) is 31.0 Å². The molecule has 1 amide bonds. The lowest BCUT2D eigenvalue weighted by atomic mass is 9.80. The van der Waals surface area contributed by atoms with Gasteiger partial charge in [-0.3, -0.25) is 9.59 Å². The van der Waals surface area contributed by atoms with Crippen molar-refractivity contribution < 1.29 is 36.3 Å². The van der Waals surface area contributed by atoms with E-state index in [9.17, 15) is 32.4 Å². The summed E-state index contributed by atoms with van der Waals surface area (Å²) in [5, 5.41) is 12.6. The van der Waals surface area contributed by atoms with Crippen LogP contribution in [0.5, 0.6) is 5.75 Å². The van der Waals surface area contributed by atoms with Crippen LogP contribution in [0.15, 0.2) is 52.9 Å². The first kappa shape index (κ1) is 30.7. The van der Waals surface area contributed by atoms with E-state index < -0.39 is 36.2 Å². The topological polar surface area (TPSA) is 105 Å². The largest absolute Gasteiger partial charge is 0.496 e. The van der Waals surface area contributed by atoms with Crippen molar-refractivity contribution in [1.82, 2.24) is 10.3 Å². The Labute approximate surface area is 250 Å². The van der Waals surface area contributed by atoms with Crippen LogP contribution in [0, 0.1) is 28.5 Å². The summed E-state index contributed by atoms with van der Waals surface area (Å²) in [6, 6.07) is 13.7. The Balaban J connectivity index is 1.69. The molecule has 1 N–H and O–H groups in total. The molecule has 2 heterocycles. The van der Waals surface area contributed by atoms with Crippen LogP contribution >= 0.6 is 0 Å². The molecule has 1 unspecified atom stereocenters. The van der Waals surface area contributed by atoms with Crippen molar-refractivity contribution in [2.24, 2.45) is 11.3 Å². The smallest absolute Gasteiger partial charge is 0.389 e. The normalized spacial score (nSPS) is 14.6. The number of fused-ring (bicyclic) bond motifs is 1. The Hall–Kier alpha value is -4.72. The highest BCUT2D eigenvalue weighted by Crippen LogP contribution is 2.48. The van der Waals surface area contributed by atoms with E-state index in [1.165, 1.54) is 50.6 Å². The van der Waals surface area contributed by atoms with E-state index in [0.29, 0.717) is 11.1 Å². The summed E-state index contributed by atoms with van der Waals surface area (Å²) < 4.78 is 65.1. The molecule has 5 rings (SSSR count). The van der Waals surface area contributed by atoms with E-state index in [2.05, 4.69) is 16.4 Å². The number of carbonyl (C=O) groups is 2. The van der Waals surface area contributed by atoms with Crippen LogP contribution in [-0.4, -0.2) is 37.0 Å². The van der Waals surface area contributed by atoms with E-state index >= 15 is 0 Å². The van der Waals surface area contributed by atoms with E-state index in [-0.39, 0.29) is 63.1 Å². The van der Waals surface area contributed by atoms with E-state index in [0.717, 1.165) is 12.8 Å². The molecule has 0 aliphatic heterocycles. The second kappa shape index (κ2) is 11.8. The van der Waals surface area contributed by atoms with Crippen LogP contribution in [0.4, 0.5) is 17.6 Å². The predicted octanol–water partition coefficient (Wildman–Crippen LogP) is 7.68. The number of ketones is 1. The summed E-state index contributed by atoms with van der Waals surface area (Å²) in [7, 11) is 2.82. The first-order valence-electron chi connectivity index (χ1n) is 14.0. The lowest BCUT2D eigenvalue weighted by Crippen LogP contribution is -2.22. The van der Waals surface area contributed by atoms with Crippen molar-refractivity contribution in [3.8, 4) is 34.3 Å². The zero-order valence-electron chi connectivity index (χ0n) is 24.3. The molecule has 11 heteroatoms. The quantitative estimate of drug-likeness (QED) is 0.147. The number of hydrogen-bond donors (Lipinski definition) is 1. The molecule has 1 aliphatic carbocycles. The Morgan fingerprint density at radius 3 is 2.39 bits per heavy atom. The van der Waals surface area contributed by atoms with Gasteiger partial charge in [-0.2, -0.15) is 18.4 Å². The van der Waals surface area contributed by atoms with Gasteiger partial charge in [-0.1, -0.05) is 6.07 Å². The number of pyridine rings is 1. The number of halogens is 4. The number of ether oxygens (including phenoxy) is 1. The first-order valence-corrected chi connectivity index (χ1v) is 14.0. The molecule has 228 valence electrons. The first-order chi connectivity index (χ1) is 20.9. The van der Waals surface area contributed by atoms with Crippen LogP contribution in [0.2, 0.25) is 0 Å². The fraction of sp³-hybridized carbons (Fsp3) is 0.333. The Kier molecular flexibility index (Phi) is 8.21. The van der Waals surface area contributed by atoms with Gasteiger partial charge in [0.1, 0.15) is 17.3 Å². The summed E-state index contributed by atoms with van der Waals surface area (Å²) in [6.07, 6.45) is -4.47. The van der Waals surface area contributed by atoms with Crippen molar-refractivity contribution in [3.63, 3.8) is 0 Å². The summed E-state index contributed by atoms with van der Waals surface area (Å²) in [5.41, 5.74) is 0.383. The van der Waals surface area contributed by atoms with Crippen LogP contribution in [0.3, 0.4) is 0 Å². The number of rotatable bonds is 10. The summed E-state index contributed by atoms with van der Waals surface area (Å²) in [5.74, 6) is -0.927. The standard InChI is InChI=1S/C33H29F4N3O4/c1-32(17-38,20-7-8-20)16-26(41)23-14-19(6-11-27(23)43-3)22-15-24-28(30(42)39-2)29(18-4-9-21(34)10-5-18)44-31(24)40-25(22)12-13-33(35,36)37/h4-6,9-11,14-15,20H,7-8,12-13,16H2,1-3H3,(H,39,42). The van der Waals surface area contributed by atoms with Gasteiger partial charge in [-0.05, 0) is 80.1 Å². The molecule has 2 aromatic heterocycles. The maximum Gasteiger partial charge on any atom is 0.389 e. The molecule has 1 aliphatic rings. The van der Waals surface area contributed by atoms with Crippen LogP contribution in [-0.2, 0) is 6.42 Å². The number of nitriles is 1. The van der Waals surface area contributed by atoms with Crippen molar-refractivity contribution in [2.75, 3.05) is 14.2 Å². The number of amides is 1. The minimum Gasteiger partial charge on any atom is -0.496 e. The number of Topliss-reactive ketones (excluding diaryl/α,β-unsaturated/α-hetero) is 1. The third-order valence-corrected chi connectivity index (χ3v) is 8.04. The molecule has 1 atom stereocenters. The lowest BCUT2D eigenvalue weighted by Gasteiger charge is -2.21. The van der Waals surface area contributed by atoms with E-state index in [1.54, 1.807) is 19.1 Å². The van der Waals surface area contributed by atoms with E-state index in [1.807, 2.05) is 0 Å². The fourth-order valence-corrected chi connectivity index (χ4v) is 5.43. The molecule has 0 saturated heterocycles. The van der Waals surface area contributed by atoms with Crippen LogP contribution < -0.4 is 10.1 Å². The fourth-order valence-electron chi connectivity index (χ4n) is 5.43. The Bertz CT molecular complexity index is 1790. The predicted molar refractivity (Wildman–Crippen MR) is 155 cm³/mol. The Morgan fingerprint density at radius 1 is 1.11 bits per heavy atom. The second-order valence-corrected chi connectivity index (χ2v) is 11.2. The molecular weight excluding hydrogens is 578 g/mol. The van der Waals surface area contributed by atoms with Crippen LogP contribution in [0.1, 0.15) is 59.0 Å². The SMILES string of the molecule is CNC(=O)c1c(-c2ccc(F)cc2)oc2nc(CCC(F)(F)F)c(-c3ccc(OC)c(C(=O)CC(C)(C#N)C4CC4)c3)cc12. The molecule has 7 nitrogen and oxygen atoms in total. The molecule has 2 aromatic carbocycles. The molecule has 4 aromatic rings. The van der Waals surface area contributed by atoms with Crippen molar-refractivity contribution >= 4 is 22.8 Å². The van der Waals surface area contributed by atoms with Gasteiger partial charge in [0.15, 0.2) is 5.78 Å². The van der Waals surface area contributed by atoms with Gasteiger partial charge in [0.25, 0.3) is 5.91 Å². The number of nitrogens with one attached hydrogen (secondary N) is 1. The number of furan rings is 1. The number of nitrogens with zero attached hydrogens (tertiary/aromatic N) is 2. The van der Waals surface area contributed by atoms with Gasteiger partial charge in [0.05, 0.1) is 40.8 Å². The molecule has 0 bridgehead atoms. The molecule has 44 heavy (non-hydrogen) atoms. The summed E-state index contributed by atoms with van der Waals surface area (Å²) >= 11 is 0. The highest BCUT2D eigenvalue weighted by atomic mass is 19.4. The third-order valence-electron chi connectivity index (χ3n) is 8.04. The monoisotopic (exact) mass is 607 g/mol. The summed E-state index contributed by atoms with van der Waals surface area (Å²) in [4.78, 5) is 31.1. The molecule has 1 fully saturated rings. The van der Waals surface area contributed by atoms with Gasteiger partial charge in [-0.15, -0.1) is 0 Å². The maximum absolute atomic E-state index is 13.6. The van der Waals surface area contributed by atoms with Gasteiger partial charge >= 0.3 is 6.18 Å². The number of alkyl halides is 3. The van der Waals surface area contributed by atoms with Gasteiger partial charge in [-0.25, -0.2) is 9.37 Å². The number of aromatic nitrogens is 1. The zero-order valence-corrected chi connectivity index (χ0v) is 24.3. The lowest BCUT2D eigenvalue weighted by molar-refractivity contribution is -0.134. The molecule has 1 saturated carbocycles. The average Bonchev–Trinajstić information content (AvgIpc) is 3.80. The average molecular weight is 608 g/mol. The van der Waals surface area contributed by atoms with Crippen molar-refractivity contribution in [3.05, 3.63) is 71.2 Å². The summed E-state index contributed by atoms with van der Waals surface area (Å²) in [6.45, 7) is 1.75. The minimum atomic E-state index is -4.48. The molecule has 0 spiro atoms. The van der Waals surface area contributed by atoms with E-state index in [4.69, 9.17) is 9.15 Å². The van der Waals surface area contributed by atoms with Crippen molar-refractivity contribution in [2.45, 2.75) is 45.2 Å². The van der Waals surface area contributed by atoms with Gasteiger partial charge in [0.2, 0.25) is 5.71 Å². The number of methoxy groups -OCH3 is 1. The van der Waals surface area contributed by atoms with Gasteiger partial charge < -0.3 is 14.5 Å². The Morgan fingerprint density at radius 2 is 1.80 bits per heavy atom. The number of carbonyl (C=O) groups excluding carboxylic acids is 2. The van der Waals surface area contributed by atoms with Crippen LogP contribution in [0.25, 0.3) is 33.6 Å². The highest BCUT2D eigenvalue weighted by molar-refractivity contribution is 6.11. The third kappa shape index (κ3) is 6.16. The maximum atomic E-state index is 13.6. The number of hydrogen-bond acceptors (Lipinski definition) is 6.